The Morgan fingerprint density at radius 2 is 1.95 bits per heavy atom. The Hall–Kier alpha value is -0.750. The highest BCUT2D eigenvalue weighted by Crippen LogP contribution is 2.13. The lowest BCUT2D eigenvalue weighted by Crippen LogP contribution is -2.37. The molecule has 0 aromatic rings. The standard InChI is InChI=1S/C13H26N2O3S/c1-5-9(3)15-12(16)10(4)19-8-7-11(14)13(17)18-6-2/h9-11H,5-8,14H2,1-4H3,(H,15,16). The van der Waals surface area contributed by atoms with Crippen LogP contribution in [0.2, 0.25) is 0 Å². The SMILES string of the molecule is CCOC(=O)C(N)CCSC(C)C(=O)NC(C)CC. The van der Waals surface area contributed by atoms with E-state index in [4.69, 9.17) is 10.5 Å². The molecule has 0 aliphatic carbocycles. The maximum absolute atomic E-state index is 11.8. The molecular formula is C13H26N2O3S. The smallest absolute Gasteiger partial charge is 0.322 e. The molecule has 19 heavy (non-hydrogen) atoms. The molecule has 3 atom stereocenters. The lowest BCUT2D eigenvalue weighted by molar-refractivity contribution is -0.144. The average molecular weight is 290 g/mol. The molecule has 0 rings (SSSR count). The minimum atomic E-state index is -0.600. The topological polar surface area (TPSA) is 81.4 Å². The molecule has 0 radical (unpaired) electrons. The first-order chi connectivity index (χ1) is 8.92. The van der Waals surface area contributed by atoms with Gasteiger partial charge in [0.15, 0.2) is 0 Å². The summed E-state index contributed by atoms with van der Waals surface area (Å²) in [4.78, 5) is 23.1. The Balaban J connectivity index is 3.87. The highest BCUT2D eigenvalue weighted by molar-refractivity contribution is 8.00. The van der Waals surface area contributed by atoms with Crippen molar-refractivity contribution in [3.05, 3.63) is 0 Å². The summed E-state index contributed by atoms with van der Waals surface area (Å²) in [5.41, 5.74) is 5.68. The third-order valence-electron chi connectivity index (χ3n) is 2.76. The molecule has 6 heteroatoms. The summed E-state index contributed by atoms with van der Waals surface area (Å²) >= 11 is 1.50. The molecular weight excluding hydrogens is 264 g/mol. The Bertz CT molecular complexity index is 287. The second kappa shape index (κ2) is 10.1. The number of carbonyl (C=O) groups excluding carboxylic acids is 2. The maximum Gasteiger partial charge on any atom is 0.322 e. The first-order valence-corrected chi connectivity index (χ1v) is 7.81. The van der Waals surface area contributed by atoms with Crippen molar-refractivity contribution in [2.45, 2.75) is 57.9 Å². The van der Waals surface area contributed by atoms with E-state index < -0.39 is 6.04 Å². The van der Waals surface area contributed by atoms with Crippen molar-refractivity contribution in [3.63, 3.8) is 0 Å². The molecule has 0 saturated heterocycles. The fraction of sp³-hybridized carbons (Fsp3) is 0.846. The summed E-state index contributed by atoms with van der Waals surface area (Å²) in [5.74, 6) is 0.318. The van der Waals surface area contributed by atoms with E-state index in [9.17, 15) is 9.59 Å². The van der Waals surface area contributed by atoms with Gasteiger partial charge in [0.05, 0.1) is 11.9 Å². The molecule has 0 aromatic carbocycles. The van der Waals surface area contributed by atoms with E-state index in [0.717, 1.165) is 6.42 Å². The molecule has 0 heterocycles. The normalized spacial score (nSPS) is 15.4. The van der Waals surface area contributed by atoms with Crippen LogP contribution in [-0.2, 0) is 14.3 Å². The van der Waals surface area contributed by atoms with E-state index >= 15 is 0 Å². The zero-order valence-electron chi connectivity index (χ0n) is 12.3. The fourth-order valence-electron chi connectivity index (χ4n) is 1.28. The van der Waals surface area contributed by atoms with Crippen LogP contribution in [0.4, 0.5) is 0 Å². The van der Waals surface area contributed by atoms with Gasteiger partial charge >= 0.3 is 5.97 Å². The monoisotopic (exact) mass is 290 g/mol. The van der Waals surface area contributed by atoms with E-state index in [1.165, 1.54) is 11.8 Å². The molecule has 0 aromatic heterocycles. The van der Waals surface area contributed by atoms with Crippen molar-refractivity contribution in [1.29, 1.82) is 0 Å². The molecule has 0 saturated carbocycles. The Labute approximate surface area is 120 Å². The quantitative estimate of drug-likeness (QED) is 0.626. The van der Waals surface area contributed by atoms with Gasteiger partial charge in [-0.15, -0.1) is 11.8 Å². The molecule has 0 aliphatic rings. The number of thioether (sulfide) groups is 1. The predicted molar refractivity (Wildman–Crippen MR) is 79.0 cm³/mol. The van der Waals surface area contributed by atoms with Gasteiger partial charge in [-0.25, -0.2) is 0 Å². The van der Waals surface area contributed by atoms with Crippen LogP contribution in [0.3, 0.4) is 0 Å². The molecule has 0 bridgehead atoms. The van der Waals surface area contributed by atoms with Gasteiger partial charge in [-0.2, -0.15) is 0 Å². The molecule has 1 amide bonds. The number of hydrogen-bond donors (Lipinski definition) is 2. The molecule has 3 unspecified atom stereocenters. The van der Waals surface area contributed by atoms with Gasteiger partial charge in [0.1, 0.15) is 6.04 Å². The van der Waals surface area contributed by atoms with Gasteiger partial charge in [-0.05, 0) is 39.4 Å². The van der Waals surface area contributed by atoms with Crippen LogP contribution >= 0.6 is 11.8 Å². The number of nitrogens with two attached hydrogens (primary N) is 1. The molecule has 0 aliphatic heterocycles. The van der Waals surface area contributed by atoms with Gasteiger partial charge in [-0.3, -0.25) is 9.59 Å². The van der Waals surface area contributed by atoms with E-state index in [-0.39, 0.29) is 23.2 Å². The van der Waals surface area contributed by atoms with Crippen LogP contribution in [0.15, 0.2) is 0 Å². The predicted octanol–water partition coefficient (Wildman–Crippen LogP) is 1.30. The van der Waals surface area contributed by atoms with Gasteiger partial charge in [-0.1, -0.05) is 6.92 Å². The van der Waals surface area contributed by atoms with Gasteiger partial charge in [0.25, 0.3) is 0 Å². The number of amides is 1. The summed E-state index contributed by atoms with van der Waals surface area (Å²) in [6.07, 6.45) is 1.43. The summed E-state index contributed by atoms with van der Waals surface area (Å²) in [6.45, 7) is 7.96. The van der Waals surface area contributed by atoms with Gasteiger partial charge < -0.3 is 15.8 Å². The van der Waals surface area contributed by atoms with Crippen LogP contribution < -0.4 is 11.1 Å². The maximum atomic E-state index is 11.8. The van der Waals surface area contributed by atoms with Crippen molar-refractivity contribution in [2.24, 2.45) is 5.73 Å². The lowest BCUT2D eigenvalue weighted by atomic mass is 10.2. The molecule has 3 N–H and O–H groups in total. The highest BCUT2D eigenvalue weighted by Gasteiger charge is 2.18. The number of rotatable bonds is 9. The molecule has 112 valence electrons. The average Bonchev–Trinajstić information content (AvgIpc) is 2.38. The van der Waals surface area contributed by atoms with Gasteiger partial charge in [0, 0.05) is 6.04 Å². The minimum Gasteiger partial charge on any atom is -0.465 e. The second-order valence-electron chi connectivity index (χ2n) is 4.48. The van der Waals surface area contributed by atoms with Crippen LogP contribution in [-0.4, -0.2) is 41.6 Å². The van der Waals surface area contributed by atoms with Crippen LogP contribution in [0, 0.1) is 0 Å². The number of hydrogen-bond acceptors (Lipinski definition) is 5. The van der Waals surface area contributed by atoms with E-state index in [1.807, 2.05) is 20.8 Å². The van der Waals surface area contributed by atoms with Gasteiger partial charge in [0.2, 0.25) is 5.91 Å². The number of nitrogens with one attached hydrogen (secondary N) is 1. The number of carbonyl (C=O) groups is 2. The van der Waals surface area contributed by atoms with Crippen molar-refractivity contribution in [1.82, 2.24) is 5.32 Å². The summed E-state index contributed by atoms with van der Waals surface area (Å²) < 4.78 is 4.82. The first-order valence-electron chi connectivity index (χ1n) is 6.76. The van der Waals surface area contributed by atoms with E-state index in [1.54, 1.807) is 6.92 Å². The van der Waals surface area contributed by atoms with Crippen LogP contribution in [0.1, 0.15) is 40.5 Å². The van der Waals surface area contributed by atoms with Crippen molar-refractivity contribution >= 4 is 23.6 Å². The summed E-state index contributed by atoms with van der Waals surface area (Å²) in [7, 11) is 0. The van der Waals surface area contributed by atoms with Crippen LogP contribution in [0.5, 0.6) is 0 Å². The third-order valence-corrected chi connectivity index (χ3v) is 3.94. The van der Waals surface area contributed by atoms with E-state index in [2.05, 4.69) is 5.32 Å². The number of ether oxygens (including phenoxy) is 1. The zero-order chi connectivity index (χ0) is 14.8. The van der Waals surface area contributed by atoms with Crippen molar-refractivity contribution in [3.8, 4) is 0 Å². The number of esters is 1. The highest BCUT2D eigenvalue weighted by atomic mass is 32.2. The Kier molecular flexibility index (Phi) is 9.69. The van der Waals surface area contributed by atoms with Crippen molar-refractivity contribution in [2.75, 3.05) is 12.4 Å². The second-order valence-corrected chi connectivity index (χ2v) is 5.93. The first kappa shape index (κ1) is 18.2. The molecule has 0 spiro atoms. The lowest BCUT2D eigenvalue weighted by Gasteiger charge is -2.16. The van der Waals surface area contributed by atoms with E-state index in [0.29, 0.717) is 18.8 Å². The zero-order valence-corrected chi connectivity index (χ0v) is 13.1. The largest absolute Gasteiger partial charge is 0.465 e. The van der Waals surface area contributed by atoms with Crippen LogP contribution in [0.25, 0.3) is 0 Å². The summed E-state index contributed by atoms with van der Waals surface area (Å²) in [5, 5.41) is 2.79. The fourth-order valence-corrected chi connectivity index (χ4v) is 2.24. The minimum absolute atomic E-state index is 0.0315. The molecule has 5 nitrogen and oxygen atoms in total. The third kappa shape index (κ3) is 8.10. The Morgan fingerprint density at radius 1 is 1.32 bits per heavy atom. The Morgan fingerprint density at radius 3 is 2.47 bits per heavy atom. The summed E-state index contributed by atoms with van der Waals surface area (Å²) in [6, 6.07) is -0.408. The van der Waals surface area contributed by atoms with Crippen molar-refractivity contribution < 1.29 is 14.3 Å². The molecule has 0 fully saturated rings.